The average Bonchev–Trinajstić information content (AvgIpc) is 3.29. The Kier molecular flexibility index (Phi) is 12.2. The van der Waals surface area contributed by atoms with Gasteiger partial charge in [-0.15, -0.1) is 0 Å². The third-order valence-corrected chi connectivity index (χ3v) is 7.05. The molecule has 0 aliphatic carbocycles. The molecule has 2 N–H and O–H groups in total. The van der Waals surface area contributed by atoms with Crippen LogP contribution in [-0.2, 0) is 11.2 Å². The monoisotopic (exact) mass is 620 g/mol. The van der Waals surface area contributed by atoms with Gasteiger partial charge in [-0.1, -0.05) is 42.0 Å². The van der Waals surface area contributed by atoms with Gasteiger partial charge in [-0.25, -0.2) is 0 Å². The summed E-state index contributed by atoms with van der Waals surface area (Å²) < 4.78 is 0. The maximum absolute atomic E-state index is 11.6. The zero-order chi connectivity index (χ0) is 33.8. The van der Waals surface area contributed by atoms with Gasteiger partial charge in [0.15, 0.2) is 6.29 Å². The number of fused-ring (bicyclic) bond motifs is 1. The number of anilines is 2. The van der Waals surface area contributed by atoms with Crippen LogP contribution >= 0.6 is 0 Å². The van der Waals surface area contributed by atoms with Crippen molar-refractivity contribution < 1.29 is 28.8 Å². The SMILES string of the molecule is CN1C(=O)c2ccc(C=O)cc2C1=O.CNc1ccc(Cc2ccc(NC=O)cc2)cc1.Cc1ccc(C(=O)N(C)C)c(C=O)c1. The highest BCUT2D eigenvalue weighted by Crippen LogP contribution is 2.22. The van der Waals surface area contributed by atoms with E-state index in [0.29, 0.717) is 46.8 Å². The van der Waals surface area contributed by atoms with Gasteiger partial charge in [0.25, 0.3) is 17.7 Å². The van der Waals surface area contributed by atoms with Gasteiger partial charge in [0.05, 0.1) is 16.7 Å². The van der Waals surface area contributed by atoms with Crippen LogP contribution in [0.25, 0.3) is 0 Å². The summed E-state index contributed by atoms with van der Waals surface area (Å²) in [6, 6.07) is 25.9. The number of imide groups is 1. The van der Waals surface area contributed by atoms with Gasteiger partial charge in [-0.2, -0.15) is 0 Å². The van der Waals surface area contributed by atoms with Gasteiger partial charge < -0.3 is 15.5 Å². The highest BCUT2D eigenvalue weighted by Gasteiger charge is 2.32. The number of rotatable bonds is 8. The fourth-order valence-electron chi connectivity index (χ4n) is 4.48. The van der Waals surface area contributed by atoms with E-state index in [1.165, 1.54) is 41.3 Å². The number of hydrogen-bond acceptors (Lipinski definition) is 7. The standard InChI is InChI=1S/C15H16N2O.C11H13NO2.C10H7NO3/c1-16-14-6-2-12(3-7-14)10-13-4-8-15(9-5-13)17-11-18;1-8-4-5-10(9(6-8)7-13)11(14)12(2)3;1-11-9(13)7-3-2-6(5-12)4-8(7)10(11)14/h2-9,11,16H,10H2,1H3,(H,17,18);4-7H,1-3H3;2-5H,1H3. The molecule has 0 saturated carbocycles. The molecule has 1 aliphatic rings. The van der Waals surface area contributed by atoms with Crippen LogP contribution < -0.4 is 10.6 Å². The van der Waals surface area contributed by atoms with Crippen LogP contribution in [0.3, 0.4) is 0 Å². The molecule has 10 nitrogen and oxygen atoms in total. The molecule has 236 valence electrons. The molecule has 0 unspecified atom stereocenters. The third kappa shape index (κ3) is 8.82. The lowest BCUT2D eigenvalue weighted by atomic mass is 10.0. The summed E-state index contributed by atoms with van der Waals surface area (Å²) in [5.74, 6) is -0.816. The number of carbonyl (C=O) groups is 6. The van der Waals surface area contributed by atoms with Crippen LogP contribution in [0.4, 0.5) is 11.4 Å². The third-order valence-electron chi connectivity index (χ3n) is 7.05. The van der Waals surface area contributed by atoms with E-state index in [1.807, 2.05) is 44.3 Å². The summed E-state index contributed by atoms with van der Waals surface area (Å²) in [6.07, 6.45) is 2.94. The molecule has 5 rings (SSSR count). The van der Waals surface area contributed by atoms with E-state index in [2.05, 4.69) is 34.9 Å². The van der Waals surface area contributed by atoms with Gasteiger partial charge in [-0.05, 0) is 73.0 Å². The van der Waals surface area contributed by atoms with Crippen molar-refractivity contribution in [2.45, 2.75) is 13.3 Å². The molecule has 1 heterocycles. The molecular formula is C36H36N4O6. The van der Waals surface area contributed by atoms with Crippen LogP contribution in [0, 0.1) is 6.92 Å². The number of amides is 4. The minimum Gasteiger partial charge on any atom is -0.388 e. The van der Waals surface area contributed by atoms with Crippen LogP contribution in [-0.4, -0.2) is 74.7 Å². The summed E-state index contributed by atoms with van der Waals surface area (Å²) in [6.45, 7) is 1.89. The second-order valence-corrected chi connectivity index (χ2v) is 10.6. The lowest BCUT2D eigenvalue weighted by molar-refractivity contribution is -0.105. The normalized spacial score (nSPS) is 11.2. The van der Waals surface area contributed by atoms with Gasteiger partial charge in [-0.3, -0.25) is 33.7 Å². The van der Waals surface area contributed by atoms with Gasteiger partial charge in [0.2, 0.25) is 6.41 Å². The number of benzene rings is 4. The van der Waals surface area contributed by atoms with Crippen LogP contribution in [0.1, 0.15) is 68.5 Å². The summed E-state index contributed by atoms with van der Waals surface area (Å²) in [5, 5.41) is 5.72. The molecule has 0 aromatic heterocycles. The first-order chi connectivity index (χ1) is 22.0. The van der Waals surface area contributed by atoms with Crippen molar-refractivity contribution in [3.63, 3.8) is 0 Å². The Labute approximate surface area is 268 Å². The Morgan fingerprint density at radius 3 is 1.87 bits per heavy atom. The number of aldehydes is 2. The Hall–Kier alpha value is -5.90. The molecule has 1 aliphatic heterocycles. The number of aryl methyl sites for hydroxylation is 1. The van der Waals surface area contributed by atoms with Crippen LogP contribution in [0.5, 0.6) is 0 Å². The number of carbonyl (C=O) groups excluding carboxylic acids is 6. The molecular weight excluding hydrogens is 584 g/mol. The second-order valence-electron chi connectivity index (χ2n) is 10.6. The Balaban J connectivity index is 0.000000190. The second kappa shape index (κ2) is 16.2. The van der Waals surface area contributed by atoms with E-state index in [9.17, 15) is 28.8 Å². The van der Waals surface area contributed by atoms with Crippen molar-refractivity contribution in [3.8, 4) is 0 Å². The van der Waals surface area contributed by atoms with Crippen molar-refractivity contribution in [2.24, 2.45) is 0 Å². The predicted octanol–water partition coefficient (Wildman–Crippen LogP) is 5.12. The highest BCUT2D eigenvalue weighted by molar-refractivity contribution is 6.21. The van der Waals surface area contributed by atoms with E-state index in [1.54, 1.807) is 26.2 Å². The van der Waals surface area contributed by atoms with Crippen molar-refractivity contribution in [2.75, 3.05) is 38.8 Å². The van der Waals surface area contributed by atoms with Crippen molar-refractivity contribution >= 4 is 48.1 Å². The Morgan fingerprint density at radius 1 is 0.761 bits per heavy atom. The van der Waals surface area contributed by atoms with E-state index in [4.69, 9.17) is 0 Å². The topological polar surface area (TPSA) is 133 Å². The zero-order valence-electron chi connectivity index (χ0n) is 26.4. The molecule has 0 spiro atoms. The molecule has 4 amide bonds. The quantitative estimate of drug-likeness (QED) is 0.206. The van der Waals surface area contributed by atoms with Crippen molar-refractivity contribution in [1.29, 1.82) is 0 Å². The lowest BCUT2D eigenvalue weighted by Gasteiger charge is -2.11. The molecule has 0 saturated heterocycles. The van der Waals surface area contributed by atoms with Crippen molar-refractivity contribution in [3.05, 3.63) is 129 Å². The first-order valence-corrected chi connectivity index (χ1v) is 14.3. The Morgan fingerprint density at radius 2 is 1.35 bits per heavy atom. The number of hydrogen-bond donors (Lipinski definition) is 2. The Bertz CT molecular complexity index is 1730. The average molecular weight is 621 g/mol. The fraction of sp³-hybridized carbons (Fsp3) is 0.167. The van der Waals surface area contributed by atoms with E-state index >= 15 is 0 Å². The number of nitrogens with one attached hydrogen (secondary N) is 2. The molecule has 4 aromatic rings. The van der Waals surface area contributed by atoms with E-state index < -0.39 is 0 Å². The largest absolute Gasteiger partial charge is 0.388 e. The summed E-state index contributed by atoms with van der Waals surface area (Å²) in [7, 11) is 6.66. The minimum atomic E-state index is -0.353. The smallest absolute Gasteiger partial charge is 0.261 e. The van der Waals surface area contributed by atoms with Gasteiger partial charge in [0, 0.05) is 50.7 Å². The summed E-state index contributed by atoms with van der Waals surface area (Å²) >= 11 is 0. The minimum absolute atomic E-state index is 0.146. The van der Waals surface area contributed by atoms with Crippen LogP contribution in [0.2, 0.25) is 0 Å². The zero-order valence-corrected chi connectivity index (χ0v) is 26.4. The number of nitrogens with zero attached hydrogens (tertiary/aromatic N) is 2. The summed E-state index contributed by atoms with van der Waals surface area (Å²) in [5.41, 5.74) is 7.38. The first-order valence-electron chi connectivity index (χ1n) is 14.3. The van der Waals surface area contributed by atoms with E-state index in [-0.39, 0.29) is 17.7 Å². The van der Waals surface area contributed by atoms with E-state index in [0.717, 1.165) is 28.3 Å². The first kappa shape index (κ1) is 34.6. The fourth-order valence-corrected chi connectivity index (χ4v) is 4.48. The van der Waals surface area contributed by atoms with Crippen LogP contribution in [0.15, 0.2) is 84.9 Å². The van der Waals surface area contributed by atoms with Crippen molar-refractivity contribution in [1.82, 2.24) is 9.80 Å². The molecule has 4 aromatic carbocycles. The maximum Gasteiger partial charge on any atom is 0.261 e. The molecule has 10 heteroatoms. The van der Waals surface area contributed by atoms with Gasteiger partial charge in [0.1, 0.15) is 6.29 Å². The molecule has 0 radical (unpaired) electrons. The molecule has 0 fully saturated rings. The predicted molar refractivity (Wildman–Crippen MR) is 178 cm³/mol. The lowest BCUT2D eigenvalue weighted by Crippen LogP contribution is -2.24. The summed E-state index contributed by atoms with van der Waals surface area (Å²) in [4.78, 5) is 68.5. The molecule has 0 bridgehead atoms. The molecule has 0 atom stereocenters. The molecule has 46 heavy (non-hydrogen) atoms. The maximum atomic E-state index is 11.6. The van der Waals surface area contributed by atoms with Gasteiger partial charge >= 0.3 is 0 Å². The highest BCUT2D eigenvalue weighted by atomic mass is 16.2.